The monoisotopic (exact) mass is 248 g/mol. The van der Waals surface area contributed by atoms with Crippen LogP contribution in [0.15, 0.2) is 82.8 Å². The van der Waals surface area contributed by atoms with Gasteiger partial charge in [-0.05, 0) is 30.3 Å². The van der Waals surface area contributed by atoms with Gasteiger partial charge in [-0.15, -0.1) is 0 Å². The highest BCUT2D eigenvalue weighted by atomic mass is 14.7. The normalized spacial score (nSPS) is 11.8. The van der Waals surface area contributed by atoms with Crippen molar-refractivity contribution in [2.45, 2.75) is 6.42 Å². The molecule has 0 bridgehead atoms. The predicted molar refractivity (Wildman–Crippen MR) is 82.9 cm³/mol. The highest BCUT2D eigenvalue weighted by molar-refractivity contribution is 5.75. The van der Waals surface area contributed by atoms with Gasteiger partial charge in [0.25, 0.3) is 0 Å². The van der Waals surface area contributed by atoms with Gasteiger partial charge in [0.2, 0.25) is 0 Å². The molecule has 0 saturated carbocycles. The second-order valence-corrected chi connectivity index (χ2v) is 3.92. The number of nitrogens with zero attached hydrogens (tertiary/aromatic N) is 2. The zero-order valence-corrected chi connectivity index (χ0v) is 10.7. The smallest absolute Gasteiger partial charge is 0.0629 e. The molecule has 0 spiro atoms. The lowest BCUT2D eigenvalue weighted by atomic mass is 10.3. The van der Waals surface area contributed by atoms with Crippen LogP contribution in [0.25, 0.3) is 0 Å². The van der Waals surface area contributed by atoms with E-state index in [0.29, 0.717) is 0 Å². The quantitative estimate of drug-likeness (QED) is 0.683. The summed E-state index contributed by atoms with van der Waals surface area (Å²) in [4.78, 5) is 8.65. The molecule has 2 heteroatoms. The number of rotatable bonds is 5. The van der Waals surface area contributed by atoms with Crippen molar-refractivity contribution in [1.82, 2.24) is 0 Å². The van der Waals surface area contributed by atoms with Crippen molar-refractivity contribution in [2.75, 3.05) is 0 Å². The van der Waals surface area contributed by atoms with Crippen molar-refractivity contribution in [1.29, 1.82) is 0 Å². The summed E-state index contributed by atoms with van der Waals surface area (Å²) in [7, 11) is 0. The first kappa shape index (κ1) is 13.0. The van der Waals surface area contributed by atoms with Crippen LogP contribution in [0.5, 0.6) is 0 Å². The molecule has 0 heterocycles. The Morgan fingerprint density at radius 2 is 1.32 bits per heavy atom. The minimum absolute atomic E-state index is 0.801. The summed E-state index contributed by atoms with van der Waals surface area (Å²) in [5.41, 5.74) is 1.94. The number of hydrogen-bond donors (Lipinski definition) is 0. The zero-order valence-electron chi connectivity index (χ0n) is 10.7. The number of aliphatic imine (C=N–C) groups is 2. The molecule has 0 aliphatic heterocycles. The summed E-state index contributed by atoms with van der Waals surface area (Å²) in [6.45, 7) is 0. The maximum Gasteiger partial charge on any atom is 0.0629 e. The van der Waals surface area contributed by atoms with Crippen LogP contribution >= 0.6 is 0 Å². The van der Waals surface area contributed by atoms with Gasteiger partial charge in [-0.3, -0.25) is 9.98 Å². The maximum atomic E-state index is 4.34. The third-order valence-corrected chi connectivity index (χ3v) is 2.44. The van der Waals surface area contributed by atoms with E-state index >= 15 is 0 Å². The molecule has 94 valence electrons. The molecule has 0 saturated heterocycles. The summed E-state index contributed by atoms with van der Waals surface area (Å²) in [6.07, 6.45) is 8.45. The second kappa shape index (κ2) is 7.77. The SMILES string of the molecule is C(/C=C/CC=Nc1ccccc1)=Nc1ccccc1. The van der Waals surface area contributed by atoms with Crippen LogP contribution in [-0.4, -0.2) is 12.4 Å². The lowest BCUT2D eigenvalue weighted by molar-refractivity contribution is 1.46. The molecular weight excluding hydrogens is 232 g/mol. The minimum atomic E-state index is 0.801. The van der Waals surface area contributed by atoms with Gasteiger partial charge >= 0.3 is 0 Å². The number of benzene rings is 2. The molecule has 0 aromatic heterocycles. The average molecular weight is 248 g/mol. The molecule has 0 fully saturated rings. The van der Waals surface area contributed by atoms with Crippen LogP contribution in [0, 0.1) is 0 Å². The van der Waals surface area contributed by atoms with Gasteiger partial charge in [-0.25, -0.2) is 0 Å². The van der Waals surface area contributed by atoms with E-state index in [-0.39, 0.29) is 0 Å². The first-order valence-electron chi connectivity index (χ1n) is 6.27. The molecule has 2 aromatic carbocycles. The van der Waals surface area contributed by atoms with Crippen LogP contribution < -0.4 is 0 Å². The lowest BCUT2D eigenvalue weighted by Crippen LogP contribution is -1.71. The van der Waals surface area contributed by atoms with E-state index in [1.807, 2.05) is 79.0 Å². The molecule has 0 aliphatic rings. The van der Waals surface area contributed by atoms with Gasteiger partial charge < -0.3 is 0 Å². The fraction of sp³-hybridized carbons (Fsp3) is 0.0588. The van der Waals surface area contributed by atoms with Gasteiger partial charge in [0.05, 0.1) is 11.4 Å². The summed E-state index contributed by atoms with van der Waals surface area (Å²) >= 11 is 0. The Labute approximate surface area is 113 Å². The minimum Gasteiger partial charge on any atom is -0.261 e. The fourth-order valence-electron chi connectivity index (χ4n) is 1.52. The van der Waals surface area contributed by atoms with Crippen molar-refractivity contribution < 1.29 is 0 Å². The molecule has 2 aromatic rings. The third kappa shape index (κ3) is 5.13. The van der Waals surface area contributed by atoms with Crippen molar-refractivity contribution in [3.63, 3.8) is 0 Å². The molecular formula is C17H16N2. The molecule has 2 rings (SSSR count). The van der Waals surface area contributed by atoms with Crippen LogP contribution in [0.2, 0.25) is 0 Å². The molecule has 0 atom stereocenters. The molecule has 0 N–H and O–H groups in total. The first-order valence-corrected chi connectivity index (χ1v) is 6.27. The predicted octanol–water partition coefficient (Wildman–Crippen LogP) is 4.74. The Bertz CT molecular complexity index is 554. The van der Waals surface area contributed by atoms with Gasteiger partial charge in [-0.2, -0.15) is 0 Å². The van der Waals surface area contributed by atoms with E-state index in [0.717, 1.165) is 17.8 Å². The van der Waals surface area contributed by atoms with Crippen LogP contribution in [0.3, 0.4) is 0 Å². The standard InChI is InChI=1S/C17H16N2/c1-4-10-16(11-5-1)18-14-8-3-9-15-19-17-12-6-2-7-13-17/h1-8,10-15H,9H2/b8-3+,18-14?,19-15?. The van der Waals surface area contributed by atoms with Crippen molar-refractivity contribution in [3.05, 3.63) is 72.8 Å². The van der Waals surface area contributed by atoms with Gasteiger partial charge in [0, 0.05) is 18.9 Å². The topological polar surface area (TPSA) is 24.7 Å². The van der Waals surface area contributed by atoms with Crippen LogP contribution in [0.1, 0.15) is 6.42 Å². The maximum absolute atomic E-state index is 4.34. The number of hydrogen-bond acceptors (Lipinski definition) is 2. The van der Waals surface area contributed by atoms with Gasteiger partial charge in [-0.1, -0.05) is 42.5 Å². The van der Waals surface area contributed by atoms with Crippen molar-refractivity contribution in [3.8, 4) is 0 Å². The summed E-state index contributed by atoms with van der Waals surface area (Å²) < 4.78 is 0. The highest BCUT2D eigenvalue weighted by Crippen LogP contribution is 2.09. The second-order valence-electron chi connectivity index (χ2n) is 3.92. The van der Waals surface area contributed by atoms with Crippen LogP contribution in [-0.2, 0) is 0 Å². The molecule has 0 radical (unpaired) electrons. The Morgan fingerprint density at radius 1 is 0.737 bits per heavy atom. The Balaban J connectivity index is 1.75. The molecule has 2 nitrogen and oxygen atoms in total. The lowest BCUT2D eigenvalue weighted by Gasteiger charge is -1.89. The van der Waals surface area contributed by atoms with Gasteiger partial charge in [0.1, 0.15) is 0 Å². The Kier molecular flexibility index (Phi) is 5.30. The van der Waals surface area contributed by atoms with E-state index < -0.39 is 0 Å². The number of para-hydroxylation sites is 2. The first-order chi connectivity index (χ1) is 9.45. The zero-order chi connectivity index (χ0) is 13.2. The third-order valence-electron chi connectivity index (χ3n) is 2.44. The average Bonchev–Trinajstić information content (AvgIpc) is 2.48. The van der Waals surface area contributed by atoms with Crippen molar-refractivity contribution >= 4 is 23.8 Å². The van der Waals surface area contributed by atoms with Gasteiger partial charge in [0.15, 0.2) is 0 Å². The molecule has 19 heavy (non-hydrogen) atoms. The van der Waals surface area contributed by atoms with E-state index in [2.05, 4.69) is 9.98 Å². The Hall–Kier alpha value is -2.48. The fourth-order valence-corrected chi connectivity index (χ4v) is 1.52. The highest BCUT2D eigenvalue weighted by Gasteiger charge is 1.82. The largest absolute Gasteiger partial charge is 0.261 e. The molecule has 0 amide bonds. The van der Waals surface area contributed by atoms with E-state index in [1.54, 1.807) is 6.21 Å². The van der Waals surface area contributed by atoms with Crippen molar-refractivity contribution in [2.24, 2.45) is 9.98 Å². The van der Waals surface area contributed by atoms with Crippen LogP contribution in [0.4, 0.5) is 11.4 Å². The number of allylic oxidation sites excluding steroid dienone is 2. The van der Waals surface area contributed by atoms with E-state index in [4.69, 9.17) is 0 Å². The van der Waals surface area contributed by atoms with E-state index in [1.165, 1.54) is 0 Å². The Morgan fingerprint density at radius 3 is 1.95 bits per heavy atom. The van der Waals surface area contributed by atoms with E-state index in [9.17, 15) is 0 Å². The molecule has 0 unspecified atom stereocenters. The summed E-state index contributed by atoms with van der Waals surface area (Å²) in [5.74, 6) is 0. The summed E-state index contributed by atoms with van der Waals surface area (Å²) in [6, 6.07) is 19.8. The summed E-state index contributed by atoms with van der Waals surface area (Å²) in [5, 5.41) is 0. The molecule has 0 aliphatic carbocycles.